The van der Waals surface area contributed by atoms with Crippen molar-refractivity contribution in [3.05, 3.63) is 123 Å². The fourth-order valence-corrected chi connectivity index (χ4v) is 12.7. The minimum atomic E-state index is -3.54. The number of cyclic esters (lactones) is 1. The van der Waals surface area contributed by atoms with Gasteiger partial charge in [0.2, 0.25) is 36.5 Å². The number of para-hydroxylation sites is 1. The van der Waals surface area contributed by atoms with Crippen molar-refractivity contribution in [2.24, 2.45) is 11.7 Å². The Morgan fingerprint density at radius 3 is 2.33 bits per heavy atom. The number of ether oxygens (including phenoxy) is 5. The number of unbranched alkanes of at least 4 members (excludes halogenated alkanes) is 2. The second-order valence-corrected chi connectivity index (χ2v) is 27.1. The first kappa shape index (κ1) is 70.4. The third-order valence-electron chi connectivity index (χ3n) is 15.9. The van der Waals surface area contributed by atoms with Gasteiger partial charge in [-0.25, -0.2) is 46.1 Å². The molecule has 0 radical (unpaired) electrons. The summed E-state index contributed by atoms with van der Waals surface area (Å²) in [6, 6.07) is 15.2. The van der Waals surface area contributed by atoms with Crippen LogP contribution in [-0.2, 0) is 112 Å². The molecule has 496 valence electrons. The van der Waals surface area contributed by atoms with E-state index in [0.717, 1.165) is 22.8 Å². The van der Waals surface area contributed by atoms with Crippen molar-refractivity contribution in [1.82, 2.24) is 38.8 Å². The lowest BCUT2D eigenvalue weighted by atomic mass is 9.85. The van der Waals surface area contributed by atoms with Gasteiger partial charge >= 0.3 is 12.1 Å². The van der Waals surface area contributed by atoms with E-state index in [9.17, 15) is 50.4 Å². The molecule has 6 aromatic rings. The first-order chi connectivity index (χ1) is 44.5. The first-order valence-corrected chi connectivity index (χ1v) is 34.6. The number of aromatic nitrogens is 7. The molecule has 0 bridgehead atoms. The molecule has 0 saturated carbocycles. The molecule has 2 aromatic carbocycles. The van der Waals surface area contributed by atoms with E-state index < -0.39 is 55.0 Å². The summed E-state index contributed by atoms with van der Waals surface area (Å²) < 4.78 is 81.2. The monoisotopic (exact) mass is 1320 g/mol. The maximum Gasteiger partial charge on any atom is 0.510 e. The lowest BCUT2D eigenvalue weighted by Gasteiger charge is -2.35. The maximum absolute atomic E-state index is 14.4. The van der Waals surface area contributed by atoms with Crippen molar-refractivity contribution in [3.63, 3.8) is 0 Å². The van der Waals surface area contributed by atoms with E-state index in [1.165, 1.54) is 23.0 Å². The highest BCUT2D eigenvalue weighted by Gasteiger charge is 2.51. The molecule has 0 saturated heterocycles. The number of sulfonamides is 1. The third kappa shape index (κ3) is 18.9. The molecule has 6 heterocycles. The standard InChI is InChI=1S/C65H78N10O16S2/c1-6-65(56-34-58-59-54(38-74(58)61(80)55(56)42-89-62(65)81)52(53-19-10-11-20-57(53)70-59)27-29-75(43(2)3)93(5,85)86)91-64(82)90-39-44-21-23-47(24-22-44)69-60(79)46(16-12-13-28-66)33-51(78)41-88-40-50(77)18-14-31-87-32-30-73-37-48(71-72-73)25-26-49(76)17-9-7-8-15-45-35-67-63(68-36-45)92(4,83)84/h10-11,19-24,34-37,43,46H,6-7,9,12-14,16-18,25-33,38-42,66H2,1-5H3,(H,69,79)/t46-,65+/m1/s1. The number of nitrogens with two attached hydrogens (primary N) is 1. The number of hydrogen-bond donors (Lipinski definition) is 2. The van der Waals surface area contributed by atoms with Gasteiger partial charge in [0.1, 0.15) is 32.2 Å². The number of hydrogen-bond acceptors (Lipinski definition) is 22. The number of fused-ring (bicyclic) bond motifs is 5. The predicted molar refractivity (Wildman–Crippen MR) is 340 cm³/mol. The number of rotatable bonds is 35. The van der Waals surface area contributed by atoms with Gasteiger partial charge in [-0.15, -0.1) is 5.10 Å². The molecule has 0 fully saturated rings. The number of carbonyl (C=O) groups excluding carboxylic acids is 6. The Hall–Kier alpha value is -8.46. The highest BCUT2D eigenvalue weighted by Crippen LogP contribution is 2.42. The summed E-state index contributed by atoms with van der Waals surface area (Å²) in [6.45, 7) is 5.69. The van der Waals surface area contributed by atoms with Crippen molar-refractivity contribution in [1.29, 1.82) is 0 Å². The Morgan fingerprint density at radius 2 is 1.61 bits per heavy atom. The van der Waals surface area contributed by atoms with Crippen molar-refractivity contribution >= 4 is 71.8 Å². The molecule has 28 heteroatoms. The number of sulfone groups is 1. The summed E-state index contributed by atoms with van der Waals surface area (Å²) in [5, 5.41) is 11.6. The Balaban J connectivity index is 0.748. The van der Waals surface area contributed by atoms with Gasteiger partial charge in [-0.2, -0.15) is 4.31 Å². The number of ketones is 3. The average molecular weight is 1320 g/mol. The summed E-state index contributed by atoms with van der Waals surface area (Å²) in [6.07, 6.45) is 9.86. The fourth-order valence-electron chi connectivity index (χ4n) is 11.1. The number of esters is 1. The lowest BCUT2D eigenvalue weighted by Crippen LogP contribution is -2.47. The topological polar surface area (TPSA) is 350 Å². The van der Waals surface area contributed by atoms with E-state index >= 15 is 0 Å². The van der Waals surface area contributed by atoms with Gasteiger partial charge in [0.15, 0.2) is 11.6 Å². The second-order valence-electron chi connectivity index (χ2n) is 23.2. The predicted octanol–water partition coefficient (Wildman–Crippen LogP) is 5.89. The molecular weight excluding hydrogens is 1240 g/mol. The molecule has 1 amide bonds. The number of aryl methyl sites for hydroxylation is 1. The number of anilines is 1. The summed E-state index contributed by atoms with van der Waals surface area (Å²) in [7, 11) is -7.03. The van der Waals surface area contributed by atoms with Gasteiger partial charge in [0, 0.05) is 104 Å². The van der Waals surface area contributed by atoms with Crippen LogP contribution in [0, 0.1) is 17.8 Å². The molecule has 0 unspecified atom stereocenters. The van der Waals surface area contributed by atoms with E-state index in [4.69, 9.17) is 34.4 Å². The number of benzene rings is 2. The number of amides is 1. The summed E-state index contributed by atoms with van der Waals surface area (Å²) >= 11 is 0. The van der Waals surface area contributed by atoms with E-state index in [2.05, 4.69) is 37.4 Å². The molecule has 26 nitrogen and oxygen atoms in total. The second kappa shape index (κ2) is 32.4. The van der Waals surface area contributed by atoms with Gasteiger partial charge in [-0.1, -0.05) is 60.7 Å². The van der Waals surface area contributed by atoms with Crippen molar-refractivity contribution < 1.29 is 69.3 Å². The molecule has 0 aliphatic carbocycles. The Bertz CT molecular complexity index is 4070. The zero-order chi connectivity index (χ0) is 66.9. The molecular formula is C65H78N10O16S2. The van der Waals surface area contributed by atoms with Gasteiger partial charge in [0.05, 0.1) is 59.7 Å². The number of pyridine rings is 2. The minimum absolute atomic E-state index is 0.0702. The maximum atomic E-state index is 14.4. The van der Waals surface area contributed by atoms with Gasteiger partial charge < -0.3 is 39.3 Å². The van der Waals surface area contributed by atoms with Crippen LogP contribution in [-0.4, -0.2) is 149 Å². The van der Waals surface area contributed by atoms with E-state index in [1.54, 1.807) is 52.7 Å². The van der Waals surface area contributed by atoms with Crippen LogP contribution < -0.4 is 16.6 Å². The van der Waals surface area contributed by atoms with Gasteiger partial charge in [-0.05, 0) is 101 Å². The number of Topliss-reactive ketones (excluding diaryl/α,β-unsaturated/α-hetero) is 3. The van der Waals surface area contributed by atoms with Gasteiger partial charge in [-0.3, -0.25) is 24.0 Å². The number of nitrogens with one attached hydrogen (secondary N) is 1. The molecule has 2 aliphatic rings. The van der Waals surface area contributed by atoms with Crippen LogP contribution in [0.3, 0.4) is 0 Å². The summed E-state index contributed by atoms with van der Waals surface area (Å²) in [5.74, 6) is 3.29. The highest BCUT2D eigenvalue weighted by molar-refractivity contribution is 7.90. The molecule has 8 rings (SSSR count). The fraction of sp³-hybridized carbons (Fsp3) is 0.477. The minimum Gasteiger partial charge on any atom is -0.457 e. The molecule has 4 aromatic heterocycles. The average Bonchev–Trinajstić information content (AvgIpc) is 1.65. The summed E-state index contributed by atoms with van der Waals surface area (Å²) in [4.78, 5) is 106. The Morgan fingerprint density at radius 1 is 0.871 bits per heavy atom. The van der Waals surface area contributed by atoms with Crippen LogP contribution in [0.15, 0.2) is 83.1 Å². The third-order valence-corrected chi connectivity index (χ3v) is 18.2. The van der Waals surface area contributed by atoms with E-state index in [1.807, 2.05) is 38.1 Å². The van der Waals surface area contributed by atoms with Crippen LogP contribution in [0.5, 0.6) is 0 Å². The Kier molecular flexibility index (Phi) is 24.5. The van der Waals surface area contributed by atoms with Crippen molar-refractivity contribution in [2.75, 3.05) is 57.3 Å². The molecule has 3 N–H and O–H groups in total. The van der Waals surface area contributed by atoms with Crippen LogP contribution in [0.25, 0.3) is 22.3 Å². The normalized spacial score (nSPS) is 14.6. The highest BCUT2D eigenvalue weighted by atomic mass is 32.2. The smallest absolute Gasteiger partial charge is 0.457 e. The zero-order valence-corrected chi connectivity index (χ0v) is 54.5. The van der Waals surface area contributed by atoms with E-state index in [-0.39, 0.29) is 98.5 Å². The van der Waals surface area contributed by atoms with Crippen LogP contribution in [0.4, 0.5) is 10.5 Å². The lowest BCUT2D eigenvalue weighted by molar-refractivity contribution is -0.175. The van der Waals surface area contributed by atoms with Crippen molar-refractivity contribution in [3.8, 4) is 23.2 Å². The number of carbonyl (C=O) groups is 6. The quantitative estimate of drug-likeness (QED) is 0.0202. The largest absolute Gasteiger partial charge is 0.510 e. The van der Waals surface area contributed by atoms with Crippen LogP contribution in [0.2, 0.25) is 0 Å². The van der Waals surface area contributed by atoms with Crippen LogP contribution >= 0.6 is 0 Å². The molecule has 0 spiro atoms. The number of nitrogens with zero attached hydrogens (tertiary/aromatic N) is 8. The molecule has 2 atom stereocenters. The molecule has 2 aliphatic heterocycles. The van der Waals surface area contributed by atoms with Crippen LogP contribution in [0.1, 0.15) is 130 Å². The SMILES string of the molecule is CC[C@@]1(OC(=O)OCc2ccc(NC(=O)[C@H](CCCCN)CC(=O)COCC(=O)CCCOCCn3cc(CCC(=O)CCCC#Cc4cnc(S(C)(=O)=O)nc4)nn3)cc2)C(=O)OCc2c1cc1n(c2=O)Cc2c-1nc1ccccc1c2CCN(C(C)C)S(C)(=O)=O. The first-order valence-electron chi connectivity index (χ1n) is 30.9. The van der Waals surface area contributed by atoms with Crippen molar-refractivity contribution in [2.45, 2.75) is 147 Å². The Labute approximate surface area is 539 Å². The van der Waals surface area contributed by atoms with Gasteiger partial charge in [0.25, 0.3) is 5.56 Å². The zero-order valence-electron chi connectivity index (χ0n) is 52.8. The molecule has 93 heavy (non-hydrogen) atoms. The summed E-state index contributed by atoms with van der Waals surface area (Å²) in [5.41, 5.74) is 8.62. The van der Waals surface area contributed by atoms with E-state index in [0.29, 0.717) is 130 Å².